The average molecular weight is 316 g/mol. The quantitative estimate of drug-likeness (QED) is 0.660. The van der Waals surface area contributed by atoms with Crippen LogP contribution in [0, 0.1) is 0 Å². The van der Waals surface area contributed by atoms with E-state index in [0.29, 0.717) is 12.8 Å². The number of benzene rings is 2. The summed E-state index contributed by atoms with van der Waals surface area (Å²) in [7, 11) is 0. The van der Waals surface area contributed by atoms with Crippen LogP contribution in [0.15, 0.2) is 36.4 Å². The number of aliphatic hydroxyl groups excluding tert-OH is 2. The number of phenols is 2. The van der Waals surface area contributed by atoms with Crippen molar-refractivity contribution in [3.05, 3.63) is 58.7 Å². The molecule has 0 aliphatic heterocycles. The van der Waals surface area contributed by atoms with Gasteiger partial charge in [0.25, 0.3) is 0 Å². The highest BCUT2D eigenvalue weighted by Gasteiger charge is 2.28. The smallest absolute Gasteiger partial charge is 0.115 e. The summed E-state index contributed by atoms with van der Waals surface area (Å²) in [5.74, 6) is 0.351. The van der Waals surface area contributed by atoms with Crippen molar-refractivity contribution >= 4 is 0 Å². The number of hydrogen-bond donors (Lipinski definition) is 4. The SMILES string of the molecule is CC(C)(c1ccc(O)cc1CCO)c1ccc(O)cc1CCO. The lowest BCUT2D eigenvalue weighted by Crippen LogP contribution is -2.23. The molecule has 4 N–H and O–H groups in total. The number of aromatic hydroxyl groups is 2. The third kappa shape index (κ3) is 3.66. The Bertz CT molecular complexity index is 620. The minimum Gasteiger partial charge on any atom is -0.508 e. The lowest BCUT2D eigenvalue weighted by Gasteiger charge is -2.31. The first kappa shape index (κ1) is 17.3. The maximum absolute atomic E-state index is 9.73. The molecule has 2 rings (SSSR count). The number of hydrogen-bond acceptors (Lipinski definition) is 4. The average Bonchev–Trinajstić information content (AvgIpc) is 2.47. The van der Waals surface area contributed by atoms with Gasteiger partial charge in [-0.15, -0.1) is 0 Å². The Labute approximate surface area is 136 Å². The van der Waals surface area contributed by atoms with Gasteiger partial charge in [-0.1, -0.05) is 26.0 Å². The van der Waals surface area contributed by atoms with Crippen molar-refractivity contribution in [3.8, 4) is 11.5 Å². The van der Waals surface area contributed by atoms with Crippen LogP contribution in [-0.2, 0) is 18.3 Å². The summed E-state index contributed by atoms with van der Waals surface area (Å²) < 4.78 is 0. The zero-order valence-corrected chi connectivity index (χ0v) is 13.6. The van der Waals surface area contributed by atoms with Crippen molar-refractivity contribution in [3.63, 3.8) is 0 Å². The third-order valence-electron chi connectivity index (χ3n) is 4.29. The van der Waals surface area contributed by atoms with Crippen molar-refractivity contribution in [2.45, 2.75) is 32.1 Å². The normalized spacial score (nSPS) is 11.7. The largest absolute Gasteiger partial charge is 0.508 e. The summed E-state index contributed by atoms with van der Waals surface area (Å²) >= 11 is 0. The highest BCUT2D eigenvalue weighted by Crippen LogP contribution is 2.38. The summed E-state index contributed by atoms with van der Waals surface area (Å²) in [6, 6.07) is 10.4. The zero-order valence-electron chi connectivity index (χ0n) is 13.6. The van der Waals surface area contributed by atoms with Gasteiger partial charge in [-0.25, -0.2) is 0 Å². The molecule has 2 aromatic rings. The Morgan fingerprint density at radius 1 is 0.739 bits per heavy atom. The van der Waals surface area contributed by atoms with E-state index < -0.39 is 5.41 Å². The standard InChI is InChI=1S/C19H24O4/c1-19(2,17-5-3-15(22)11-13(17)7-9-20)18-6-4-16(23)12-14(18)8-10-21/h3-6,11-12,20-23H,7-10H2,1-2H3. The highest BCUT2D eigenvalue weighted by molar-refractivity contribution is 5.49. The van der Waals surface area contributed by atoms with E-state index in [9.17, 15) is 20.4 Å². The van der Waals surface area contributed by atoms with E-state index in [1.165, 1.54) is 0 Å². The molecular weight excluding hydrogens is 292 g/mol. The van der Waals surface area contributed by atoms with Crippen LogP contribution in [0.3, 0.4) is 0 Å². The summed E-state index contributed by atoms with van der Waals surface area (Å²) in [6.45, 7) is 4.14. The van der Waals surface area contributed by atoms with E-state index in [0.717, 1.165) is 22.3 Å². The first-order valence-electron chi connectivity index (χ1n) is 7.76. The summed E-state index contributed by atoms with van der Waals surface area (Å²) in [4.78, 5) is 0. The Morgan fingerprint density at radius 2 is 1.13 bits per heavy atom. The van der Waals surface area contributed by atoms with Crippen LogP contribution < -0.4 is 0 Å². The van der Waals surface area contributed by atoms with E-state index in [4.69, 9.17) is 0 Å². The second kappa shape index (κ2) is 7.02. The minimum atomic E-state index is -0.392. The second-order valence-corrected chi connectivity index (χ2v) is 6.26. The molecular formula is C19H24O4. The molecule has 0 aliphatic carbocycles. The van der Waals surface area contributed by atoms with Gasteiger partial charge in [0.15, 0.2) is 0 Å². The number of aliphatic hydroxyl groups is 2. The van der Waals surface area contributed by atoms with Gasteiger partial charge in [-0.2, -0.15) is 0 Å². The van der Waals surface area contributed by atoms with Crippen LogP contribution in [0.5, 0.6) is 11.5 Å². The summed E-state index contributed by atoms with van der Waals surface area (Å²) in [6.07, 6.45) is 0.918. The van der Waals surface area contributed by atoms with Gasteiger partial charge >= 0.3 is 0 Å². The molecule has 0 bridgehead atoms. The molecule has 0 aromatic heterocycles. The van der Waals surface area contributed by atoms with Crippen molar-refractivity contribution in [1.29, 1.82) is 0 Å². The molecule has 0 saturated heterocycles. The topological polar surface area (TPSA) is 80.9 Å². The Kier molecular flexibility index (Phi) is 5.29. The fraction of sp³-hybridized carbons (Fsp3) is 0.368. The van der Waals surface area contributed by atoms with Gasteiger partial charge in [-0.05, 0) is 59.4 Å². The van der Waals surface area contributed by atoms with Gasteiger partial charge in [0.1, 0.15) is 11.5 Å². The molecule has 2 aromatic carbocycles. The van der Waals surface area contributed by atoms with Crippen LogP contribution in [0.1, 0.15) is 36.1 Å². The maximum Gasteiger partial charge on any atom is 0.115 e. The van der Waals surface area contributed by atoms with Crippen molar-refractivity contribution in [2.24, 2.45) is 0 Å². The van der Waals surface area contributed by atoms with Crippen molar-refractivity contribution in [1.82, 2.24) is 0 Å². The highest BCUT2D eigenvalue weighted by atomic mass is 16.3. The maximum atomic E-state index is 9.73. The Balaban J connectivity index is 2.58. The Morgan fingerprint density at radius 3 is 1.48 bits per heavy atom. The van der Waals surface area contributed by atoms with Crippen molar-refractivity contribution in [2.75, 3.05) is 13.2 Å². The van der Waals surface area contributed by atoms with Crippen LogP contribution in [-0.4, -0.2) is 33.6 Å². The van der Waals surface area contributed by atoms with Gasteiger partial charge in [0.2, 0.25) is 0 Å². The predicted octanol–water partition coefficient (Wildman–Crippen LogP) is 2.49. The molecule has 0 unspecified atom stereocenters. The third-order valence-corrected chi connectivity index (χ3v) is 4.29. The molecule has 0 aliphatic rings. The first-order valence-corrected chi connectivity index (χ1v) is 7.76. The van der Waals surface area contributed by atoms with Gasteiger partial charge in [-0.3, -0.25) is 0 Å². The van der Waals surface area contributed by atoms with Gasteiger partial charge in [0.05, 0.1) is 0 Å². The molecule has 23 heavy (non-hydrogen) atoms. The second-order valence-electron chi connectivity index (χ2n) is 6.26. The predicted molar refractivity (Wildman–Crippen MR) is 89.9 cm³/mol. The molecule has 0 saturated carbocycles. The number of phenolic OH excluding ortho intramolecular Hbond substituents is 2. The molecule has 0 radical (unpaired) electrons. The van der Waals surface area contributed by atoms with E-state index in [1.54, 1.807) is 24.3 Å². The van der Waals surface area contributed by atoms with Crippen LogP contribution in [0.2, 0.25) is 0 Å². The van der Waals surface area contributed by atoms with E-state index in [1.807, 2.05) is 12.1 Å². The lowest BCUT2D eigenvalue weighted by molar-refractivity contribution is 0.298. The first-order chi connectivity index (χ1) is 10.9. The van der Waals surface area contributed by atoms with Crippen LogP contribution in [0.4, 0.5) is 0 Å². The fourth-order valence-corrected chi connectivity index (χ4v) is 3.18. The van der Waals surface area contributed by atoms with E-state index in [2.05, 4.69) is 13.8 Å². The molecule has 0 heterocycles. The Hall–Kier alpha value is -2.04. The minimum absolute atomic E-state index is 0.00556. The van der Waals surface area contributed by atoms with Gasteiger partial charge < -0.3 is 20.4 Å². The molecule has 124 valence electrons. The molecule has 0 spiro atoms. The van der Waals surface area contributed by atoms with Crippen molar-refractivity contribution < 1.29 is 20.4 Å². The fourth-order valence-electron chi connectivity index (χ4n) is 3.18. The lowest BCUT2D eigenvalue weighted by atomic mass is 9.73. The monoisotopic (exact) mass is 316 g/mol. The zero-order chi connectivity index (χ0) is 17.0. The molecule has 0 atom stereocenters. The van der Waals surface area contributed by atoms with E-state index >= 15 is 0 Å². The van der Waals surface area contributed by atoms with Crippen LogP contribution >= 0.6 is 0 Å². The molecule has 0 amide bonds. The molecule has 4 nitrogen and oxygen atoms in total. The number of rotatable bonds is 6. The molecule has 4 heteroatoms. The summed E-state index contributed by atoms with van der Waals surface area (Å²) in [5.41, 5.74) is 3.40. The van der Waals surface area contributed by atoms with E-state index in [-0.39, 0.29) is 24.7 Å². The van der Waals surface area contributed by atoms with Gasteiger partial charge in [0, 0.05) is 18.6 Å². The van der Waals surface area contributed by atoms with Crippen LogP contribution in [0.25, 0.3) is 0 Å². The molecule has 0 fully saturated rings. The summed E-state index contributed by atoms with van der Waals surface area (Å²) in [5, 5.41) is 38.1.